The lowest BCUT2D eigenvalue weighted by molar-refractivity contribution is 0.455. The minimum atomic E-state index is 0.537. The van der Waals surface area contributed by atoms with E-state index in [4.69, 9.17) is 10.6 Å². The Labute approximate surface area is 112 Å². The van der Waals surface area contributed by atoms with Crippen molar-refractivity contribution in [1.82, 2.24) is 9.97 Å². The molecule has 0 bridgehead atoms. The molecule has 19 heavy (non-hydrogen) atoms. The molecule has 5 heteroatoms. The molecule has 5 nitrogen and oxygen atoms in total. The number of nitrogens with one attached hydrogen (secondary N) is 1. The van der Waals surface area contributed by atoms with E-state index in [0.717, 1.165) is 24.2 Å². The van der Waals surface area contributed by atoms with Crippen molar-refractivity contribution in [2.45, 2.75) is 26.7 Å². The van der Waals surface area contributed by atoms with Gasteiger partial charge in [-0.25, -0.2) is 15.8 Å². The summed E-state index contributed by atoms with van der Waals surface area (Å²) in [5, 5.41) is 0. The molecule has 1 aromatic heterocycles. The predicted octanol–water partition coefficient (Wildman–Crippen LogP) is 2.68. The summed E-state index contributed by atoms with van der Waals surface area (Å²) in [6.45, 7) is 4.13. The Morgan fingerprint density at radius 1 is 1.11 bits per heavy atom. The van der Waals surface area contributed by atoms with Gasteiger partial charge in [0.05, 0.1) is 5.56 Å². The van der Waals surface area contributed by atoms with Crippen LogP contribution in [0.1, 0.15) is 25.0 Å². The lowest BCUT2D eigenvalue weighted by atomic mass is 10.2. The number of ether oxygens (including phenoxy) is 1. The Morgan fingerprint density at radius 3 is 2.42 bits per heavy atom. The SMILES string of the molecule is CCc1ccc(Oc2ncnc(NN)c2CC)cc1. The standard InChI is InChI=1S/C14H18N4O/c1-3-10-5-7-11(8-6-10)19-14-12(4-2)13(18-15)16-9-17-14/h5-9H,3-4,15H2,1-2H3,(H,16,17,18). The molecule has 2 aromatic rings. The summed E-state index contributed by atoms with van der Waals surface area (Å²) >= 11 is 0. The maximum atomic E-state index is 5.80. The minimum Gasteiger partial charge on any atom is -0.439 e. The van der Waals surface area contributed by atoms with E-state index in [-0.39, 0.29) is 0 Å². The predicted molar refractivity (Wildman–Crippen MR) is 75.1 cm³/mol. The molecule has 0 aliphatic carbocycles. The maximum absolute atomic E-state index is 5.80. The Kier molecular flexibility index (Phi) is 4.30. The summed E-state index contributed by atoms with van der Waals surface area (Å²) < 4.78 is 5.80. The van der Waals surface area contributed by atoms with E-state index >= 15 is 0 Å². The Hall–Kier alpha value is -2.14. The molecule has 0 atom stereocenters. The average molecular weight is 258 g/mol. The first-order valence-corrected chi connectivity index (χ1v) is 6.35. The third kappa shape index (κ3) is 3.00. The second-order valence-corrected chi connectivity index (χ2v) is 4.10. The Morgan fingerprint density at radius 2 is 1.84 bits per heavy atom. The van der Waals surface area contributed by atoms with Crippen LogP contribution in [-0.2, 0) is 12.8 Å². The highest BCUT2D eigenvalue weighted by molar-refractivity contribution is 5.48. The quantitative estimate of drug-likeness (QED) is 0.637. The Balaban J connectivity index is 2.26. The number of benzene rings is 1. The molecular formula is C14H18N4O. The highest BCUT2D eigenvalue weighted by Gasteiger charge is 2.10. The molecule has 0 aliphatic rings. The second kappa shape index (κ2) is 6.15. The van der Waals surface area contributed by atoms with E-state index in [1.54, 1.807) is 0 Å². The van der Waals surface area contributed by atoms with Crippen molar-refractivity contribution in [2.24, 2.45) is 5.84 Å². The molecular weight excluding hydrogens is 240 g/mol. The van der Waals surface area contributed by atoms with Gasteiger partial charge in [0.2, 0.25) is 5.88 Å². The van der Waals surface area contributed by atoms with Gasteiger partial charge in [0, 0.05) is 0 Å². The molecule has 3 N–H and O–H groups in total. The number of aromatic nitrogens is 2. The molecule has 100 valence electrons. The molecule has 0 amide bonds. The van der Waals surface area contributed by atoms with Gasteiger partial charge in [0.25, 0.3) is 0 Å². The topological polar surface area (TPSA) is 73.1 Å². The number of nitrogens with zero attached hydrogens (tertiary/aromatic N) is 2. The van der Waals surface area contributed by atoms with Crippen LogP contribution in [0, 0.1) is 0 Å². The molecule has 0 radical (unpaired) electrons. The molecule has 1 aromatic carbocycles. The summed E-state index contributed by atoms with van der Waals surface area (Å²) in [5.41, 5.74) is 4.70. The van der Waals surface area contributed by atoms with E-state index in [9.17, 15) is 0 Å². The van der Waals surface area contributed by atoms with E-state index in [1.807, 2.05) is 31.2 Å². The van der Waals surface area contributed by atoms with Crippen LogP contribution >= 0.6 is 0 Å². The number of anilines is 1. The van der Waals surface area contributed by atoms with Crippen LogP contribution in [0.25, 0.3) is 0 Å². The summed E-state index contributed by atoms with van der Waals surface area (Å²) in [5.74, 6) is 7.32. The average Bonchev–Trinajstić information content (AvgIpc) is 2.47. The first-order valence-electron chi connectivity index (χ1n) is 6.35. The van der Waals surface area contributed by atoms with Crippen LogP contribution < -0.4 is 16.0 Å². The number of hydrogen-bond acceptors (Lipinski definition) is 5. The number of nitrogen functional groups attached to an aromatic ring is 1. The van der Waals surface area contributed by atoms with Crippen molar-refractivity contribution in [3.8, 4) is 11.6 Å². The normalized spacial score (nSPS) is 10.3. The van der Waals surface area contributed by atoms with Gasteiger partial charge < -0.3 is 10.2 Å². The van der Waals surface area contributed by atoms with Crippen LogP contribution in [0.3, 0.4) is 0 Å². The lowest BCUT2D eigenvalue weighted by Crippen LogP contribution is -2.12. The number of hydrazine groups is 1. The molecule has 0 unspecified atom stereocenters. The molecule has 0 spiro atoms. The van der Waals surface area contributed by atoms with Gasteiger partial charge in [-0.1, -0.05) is 26.0 Å². The monoisotopic (exact) mass is 258 g/mol. The summed E-state index contributed by atoms with van der Waals surface area (Å²) in [4.78, 5) is 8.24. The number of nitrogens with two attached hydrogens (primary N) is 1. The van der Waals surface area contributed by atoms with Crippen LogP contribution in [0.5, 0.6) is 11.6 Å². The van der Waals surface area contributed by atoms with Gasteiger partial charge in [0.1, 0.15) is 17.9 Å². The third-order valence-corrected chi connectivity index (χ3v) is 2.94. The van der Waals surface area contributed by atoms with Gasteiger partial charge in [-0.3, -0.25) is 0 Å². The van der Waals surface area contributed by atoms with Crippen LogP contribution in [0.4, 0.5) is 5.82 Å². The van der Waals surface area contributed by atoms with Gasteiger partial charge in [-0.2, -0.15) is 0 Å². The summed E-state index contributed by atoms with van der Waals surface area (Å²) in [6.07, 6.45) is 3.18. The summed E-state index contributed by atoms with van der Waals surface area (Å²) in [6, 6.07) is 7.97. The third-order valence-electron chi connectivity index (χ3n) is 2.94. The van der Waals surface area contributed by atoms with Crippen LogP contribution in [-0.4, -0.2) is 9.97 Å². The minimum absolute atomic E-state index is 0.537. The van der Waals surface area contributed by atoms with E-state index < -0.39 is 0 Å². The number of aryl methyl sites for hydroxylation is 1. The van der Waals surface area contributed by atoms with Gasteiger partial charge >= 0.3 is 0 Å². The molecule has 1 heterocycles. The zero-order valence-corrected chi connectivity index (χ0v) is 11.2. The van der Waals surface area contributed by atoms with Crippen LogP contribution in [0.2, 0.25) is 0 Å². The molecule has 0 fully saturated rings. The molecule has 2 rings (SSSR count). The van der Waals surface area contributed by atoms with Crippen LogP contribution in [0.15, 0.2) is 30.6 Å². The van der Waals surface area contributed by atoms with Gasteiger partial charge in [0.15, 0.2) is 0 Å². The first kappa shape index (κ1) is 13.3. The molecule has 0 saturated carbocycles. The zero-order valence-electron chi connectivity index (χ0n) is 11.2. The maximum Gasteiger partial charge on any atom is 0.227 e. The van der Waals surface area contributed by atoms with Crippen molar-refractivity contribution in [3.63, 3.8) is 0 Å². The fourth-order valence-electron chi connectivity index (χ4n) is 1.83. The zero-order chi connectivity index (χ0) is 13.7. The number of rotatable bonds is 5. The largest absolute Gasteiger partial charge is 0.439 e. The summed E-state index contributed by atoms with van der Waals surface area (Å²) in [7, 11) is 0. The van der Waals surface area contributed by atoms with Crippen molar-refractivity contribution < 1.29 is 4.74 Å². The van der Waals surface area contributed by atoms with E-state index in [2.05, 4.69) is 22.3 Å². The van der Waals surface area contributed by atoms with Gasteiger partial charge in [-0.15, -0.1) is 0 Å². The number of hydrogen-bond donors (Lipinski definition) is 2. The smallest absolute Gasteiger partial charge is 0.227 e. The molecule has 0 aliphatic heterocycles. The van der Waals surface area contributed by atoms with Crippen molar-refractivity contribution >= 4 is 5.82 Å². The lowest BCUT2D eigenvalue weighted by Gasteiger charge is -2.11. The highest BCUT2D eigenvalue weighted by Crippen LogP contribution is 2.27. The fourth-order valence-corrected chi connectivity index (χ4v) is 1.83. The second-order valence-electron chi connectivity index (χ2n) is 4.10. The van der Waals surface area contributed by atoms with E-state index in [1.165, 1.54) is 11.9 Å². The van der Waals surface area contributed by atoms with Crippen molar-refractivity contribution in [3.05, 3.63) is 41.7 Å². The van der Waals surface area contributed by atoms with E-state index in [0.29, 0.717) is 11.7 Å². The highest BCUT2D eigenvalue weighted by atomic mass is 16.5. The van der Waals surface area contributed by atoms with Crippen molar-refractivity contribution in [1.29, 1.82) is 0 Å². The first-order chi connectivity index (χ1) is 9.28. The van der Waals surface area contributed by atoms with Crippen molar-refractivity contribution in [2.75, 3.05) is 5.43 Å². The molecule has 0 saturated heterocycles. The van der Waals surface area contributed by atoms with Gasteiger partial charge in [-0.05, 0) is 30.5 Å². The Bertz CT molecular complexity index is 540. The fraction of sp³-hybridized carbons (Fsp3) is 0.286.